The summed E-state index contributed by atoms with van der Waals surface area (Å²) >= 11 is 1.85. The van der Waals surface area contributed by atoms with Gasteiger partial charge in [0.25, 0.3) is 0 Å². The van der Waals surface area contributed by atoms with E-state index in [0.29, 0.717) is 5.92 Å². The average Bonchev–Trinajstić information content (AvgIpc) is 2.36. The van der Waals surface area contributed by atoms with E-state index < -0.39 is 0 Å². The zero-order valence-corrected chi connectivity index (χ0v) is 12.6. The predicted molar refractivity (Wildman–Crippen MR) is 80.2 cm³/mol. The molecule has 0 aliphatic carbocycles. The molecule has 1 rings (SSSR count). The number of nitrogens with one attached hydrogen (secondary N) is 1. The molecule has 0 spiro atoms. The van der Waals surface area contributed by atoms with E-state index in [9.17, 15) is 0 Å². The molecule has 0 bridgehead atoms. The van der Waals surface area contributed by atoms with E-state index in [4.69, 9.17) is 4.74 Å². The van der Waals surface area contributed by atoms with Gasteiger partial charge in [0.1, 0.15) is 0 Å². The first-order valence-corrected chi connectivity index (χ1v) is 7.71. The Hall–Kier alpha value is -0.510. The largest absolute Gasteiger partial charge is 0.381 e. The highest BCUT2D eigenvalue weighted by atomic mass is 32.2. The molecule has 0 saturated heterocycles. The van der Waals surface area contributed by atoms with Gasteiger partial charge in [0.2, 0.25) is 0 Å². The summed E-state index contributed by atoms with van der Waals surface area (Å²) in [5.41, 5.74) is 1.35. The van der Waals surface area contributed by atoms with E-state index in [0.717, 1.165) is 32.1 Å². The van der Waals surface area contributed by atoms with Gasteiger partial charge in [-0.05, 0) is 37.1 Å². The smallest absolute Gasteiger partial charge is 0.0560 e. The van der Waals surface area contributed by atoms with Gasteiger partial charge in [-0.1, -0.05) is 26.0 Å². The SMILES string of the molecule is CCOCCSc1ccc(CNCC(C)C)cc1. The highest BCUT2D eigenvalue weighted by Crippen LogP contribution is 2.18. The van der Waals surface area contributed by atoms with Gasteiger partial charge in [-0.2, -0.15) is 0 Å². The Morgan fingerprint density at radius 1 is 1.22 bits per heavy atom. The summed E-state index contributed by atoms with van der Waals surface area (Å²) in [6.45, 7) is 10.2. The summed E-state index contributed by atoms with van der Waals surface area (Å²) in [5, 5.41) is 3.45. The molecule has 0 amide bonds. The molecule has 0 aliphatic rings. The summed E-state index contributed by atoms with van der Waals surface area (Å²) in [5.74, 6) is 1.73. The summed E-state index contributed by atoms with van der Waals surface area (Å²) < 4.78 is 5.32. The predicted octanol–water partition coefficient (Wildman–Crippen LogP) is 3.56. The highest BCUT2D eigenvalue weighted by molar-refractivity contribution is 7.99. The van der Waals surface area contributed by atoms with Crippen LogP contribution in [0.1, 0.15) is 26.3 Å². The van der Waals surface area contributed by atoms with Crippen molar-refractivity contribution < 1.29 is 4.74 Å². The van der Waals surface area contributed by atoms with E-state index in [1.165, 1.54) is 10.5 Å². The quantitative estimate of drug-likeness (QED) is 0.546. The number of hydrogen-bond donors (Lipinski definition) is 1. The van der Waals surface area contributed by atoms with Crippen molar-refractivity contribution in [2.24, 2.45) is 5.92 Å². The van der Waals surface area contributed by atoms with Crippen molar-refractivity contribution in [3.05, 3.63) is 29.8 Å². The maximum atomic E-state index is 5.32. The second-order valence-corrected chi connectivity index (χ2v) is 5.88. The van der Waals surface area contributed by atoms with Crippen LogP contribution in [0.3, 0.4) is 0 Å². The van der Waals surface area contributed by atoms with Crippen LogP contribution in [0.2, 0.25) is 0 Å². The van der Waals surface area contributed by atoms with Gasteiger partial charge < -0.3 is 10.1 Å². The normalized spacial score (nSPS) is 11.1. The lowest BCUT2D eigenvalue weighted by molar-refractivity contribution is 0.164. The molecule has 2 nitrogen and oxygen atoms in total. The first kappa shape index (κ1) is 15.5. The molecule has 102 valence electrons. The molecule has 1 N–H and O–H groups in total. The molecule has 0 unspecified atom stereocenters. The second kappa shape index (κ2) is 9.42. The monoisotopic (exact) mass is 267 g/mol. The highest BCUT2D eigenvalue weighted by Gasteiger charge is 1.97. The minimum atomic E-state index is 0.707. The fourth-order valence-corrected chi connectivity index (χ4v) is 2.34. The van der Waals surface area contributed by atoms with Crippen molar-refractivity contribution in [3.8, 4) is 0 Å². The topological polar surface area (TPSA) is 21.3 Å². The zero-order chi connectivity index (χ0) is 13.2. The van der Waals surface area contributed by atoms with Crippen molar-refractivity contribution in [1.82, 2.24) is 5.32 Å². The third-order valence-corrected chi connectivity index (χ3v) is 3.48. The molecule has 0 saturated carbocycles. The van der Waals surface area contributed by atoms with Gasteiger partial charge in [-0.25, -0.2) is 0 Å². The second-order valence-electron chi connectivity index (χ2n) is 4.71. The average molecular weight is 267 g/mol. The Kier molecular flexibility index (Phi) is 8.14. The molecule has 0 radical (unpaired) electrons. The van der Waals surface area contributed by atoms with Gasteiger partial charge >= 0.3 is 0 Å². The van der Waals surface area contributed by atoms with Crippen LogP contribution in [-0.2, 0) is 11.3 Å². The van der Waals surface area contributed by atoms with Crippen LogP contribution in [0.15, 0.2) is 29.2 Å². The summed E-state index contributed by atoms with van der Waals surface area (Å²) in [6.07, 6.45) is 0. The van der Waals surface area contributed by atoms with Crippen molar-refractivity contribution in [1.29, 1.82) is 0 Å². The van der Waals surface area contributed by atoms with E-state index >= 15 is 0 Å². The third kappa shape index (κ3) is 7.04. The van der Waals surface area contributed by atoms with Crippen LogP contribution in [-0.4, -0.2) is 25.5 Å². The Bertz CT molecular complexity index is 311. The van der Waals surface area contributed by atoms with Crippen molar-refractivity contribution in [3.63, 3.8) is 0 Å². The Morgan fingerprint density at radius 3 is 2.56 bits per heavy atom. The number of thioether (sulfide) groups is 1. The number of ether oxygens (including phenoxy) is 1. The van der Waals surface area contributed by atoms with Crippen molar-refractivity contribution in [2.75, 3.05) is 25.5 Å². The molecule has 18 heavy (non-hydrogen) atoms. The Balaban J connectivity index is 2.24. The lowest BCUT2D eigenvalue weighted by atomic mass is 10.2. The van der Waals surface area contributed by atoms with E-state index in [2.05, 4.69) is 43.4 Å². The van der Waals surface area contributed by atoms with Crippen LogP contribution in [0.25, 0.3) is 0 Å². The summed E-state index contributed by atoms with van der Waals surface area (Å²) in [6, 6.07) is 8.80. The van der Waals surface area contributed by atoms with Crippen LogP contribution >= 0.6 is 11.8 Å². The van der Waals surface area contributed by atoms with E-state index in [1.54, 1.807) is 0 Å². The minimum absolute atomic E-state index is 0.707. The van der Waals surface area contributed by atoms with Crippen molar-refractivity contribution >= 4 is 11.8 Å². The fraction of sp³-hybridized carbons (Fsp3) is 0.600. The zero-order valence-electron chi connectivity index (χ0n) is 11.7. The minimum Gasteiger partial charge on any atom is -0.381 e. The number of rotatable bonds is 9. The maximum absolute atomic E-state index is 5.32. The lowest BCUT2D eigenvalue weighted by Gasteiger charge is -2.08. The molecule has 3 heteroatoms. The van der Waals surface area contributed by atoms with Crippen LogP contribution in [0, 0.1) is 5.92 Å². The van der Waals surface area contributed by atoms with Gasteiger partial charge in [0.05, 0.1) is 6.61 Å². The van der Waals surface area contributed by atoms with Gasteiger partial charge in [0.15, 0.2) is 0 Å². The fourth-order valence-electron chi connectivity index (χ4n) is 1.57. The Morgan fingerprint density at radius 2 is 1.94 bits per heavy atom. The van der Waals surface area contributed by atoms with Gasteiger partial charge in [-0.15, -0.1) is 11.8 Å². The Labute approximate surface area is 116 Å². The first-order valence-electron chi connectivity index (χ1n) is 6.72. The molecule has 0 aliphatic heterocycles. The molecular weight excluding hydrogens is 242 g/mol. The first-order chi connectivity index (χ1) is 8.72. The van der Waals surface area contributed by atoms with Crippen LogP contribution in [0.4, 0.5) is 0 Å². The standard InChI is InChI=1S/C15H25NOS/c1-4-17-9-10-18-15-7-5-14(6-8-15)12-16-11-13(2)3/h5-8,13,16H,4,9-12H2,1-3H3. The van der Waals surface area contributed by atoms with Gasteiger partial charge in [0, 0.05) is 23.8 Å². The van der Waals surface area contributed by atoms with Gasteiger partial charge in [-0.3, -0.25) is 0 Å². The summed E-state index contributed by atoms with van der Waals surface area (Å²) in [7, 11) is 0. The number of hydrogen-bond acceptors (Lipinski definition) is 3. The molecule has 1 aromatic rings. The van der Waals surface area contributed by atoms with E-state index in [-0.39, 0.29) is 0 Å². The molecule has 0 aromatic heterocycles. The number of benzene rings is 1. The molecule has 0 fully saturated rings. The maximum Gasteiger partial charge on any atom is 0.0560 e. The lowest BCUT2D eigenvalue weighted by Crippen LogP contribution is -2.18. The third-order valence-electron chi connectivity index (χ3n) is 2.51. The van der Waals surface area contributed by atoms with Crippen molar-refractivity contribution in [2.45, 2.75) is 32.2 Å². The molecule has 1 aromatic carbocycles. The summed E-state index contributed by atoms with van der Waals surface area (Å²) in [4.78, 5) is 1.32. The van der Waals surface area contributed by atoms with Crippen LogP contribution < -0.4 is 5.32 Å². The van der Waals surface area contributed by atoms with Crippen LogP contribution in [0.5, 0.6) is 0 Å². The molecular formula is C15H25NOS. The van der Waals surface area contributed by atoms with E-state index in [1.807, 2.05) is 18.7 Å². The molecule has 0 atom stereocenters. The molecule has 0 heterocycles.